The highest BCUT2D eigenvalue weighted by atomic mass is 16.5. The molecule has 0 aliphatic heterocycles. The molecule has 1 heterocycles. The van der Waals surface area contributed by atoms with Gasteiger partial charge in [-0.2, -0.15) is 0 Å². The summed E-state index contributed by atoms with van der Waals surface area (Å²) in [5, 5.41) is 14.4. The summed E-state index contributed by atoms with van der Waals surface area (Å²) in [7, 11) is 0. The number of carbonyl (C=O) groups is 2. The van der Waals surface area contributed by atoms with Gasteiger partial charge in [0.1, 0.15) is 23.2 Å². The standard InChI is InChI=1S/C36H40N2O4/c1-23-9-11-25(12-10-23)20-33(35(40)41)38-34(39)32-21-26-13-16-29(42-28-17-14-27(15-18-28)36(2,3)4)22-30(26)31(37-32)19-24-7-5-6-8-24/h9-18,21-22,24,33H,5-8,19-20H2,1-4H3,(H,38,39)(H,40,41)/t33-/m0/s1. The minimum absolute atomic E-state index is 0.0669. The minimum Gasteiger partial charge on any atom is -0.480 e. The van der Waals surface area contributed by atoms with Gasteiger partial charge < -0.3 is 15.2 Å². The zero-order valence-electron chi connectivity index (χ0n) is 24.9. The lowest BCUT2D eigenvalue weighted by Gasteiger charge is -2.19. The third-order valence-electron chi connectivity index (χ3n) is 8.19. The Kier molecular flexibility index (Phi) is 8.62. The van der Waals surface area contributed by atoms with Crippen molar-refractivity contribution in [1.29, 1.82) is 0 Å². The molecule has 1 amide bonds. The lowest BCUT2D eigenvalue weighted by molar-refractivity contribution is -0.139. The third kappa shape index (κ3) is 7.17. The second kappa shape index (κ2) is 12.4. The first-order valence-corrected chi connectivity index (χ1v) is 14.9. The fourth-order valence-corrected chi connectivity index (χ4v) is 5.67. The van der Waals surface area contributed by atoms with Crippen molar-refractivity contribution in [2.75, 3.05) is 0 Å². The molecule has 6 heteroatoms. The molecule has 1 aromatic heterocycles. The Labute approximate surface area is 248 Å². The zero-order chi connectivity index (χ0) is 29.9. The Morgan fingerprint density at radius 3 is 2.26 bits per heavy atom. The highest BCUT2D eigenvalue weighted by Crippen LogP contribution is 2.33. The van der Waals surface area contributed by atoms with Crippen LogP contribution in [0.5, 0.6) is 11.5 Å². The maximum atomic E-state index is 13.4. The van der Waals surface area contributed by atoms with E-state index in [-0.39, 0.29) is 17.5 Å². The quantitative estimate of drug-likeness (QED) is 0.217. The van der Waals surface area contributed by atoms with E-state index in [1.54, 1.807) is 6.07 Å². The van der Waals surface area contributed by atoms with Crippen molar-refractivity contribution in [2.24, 2.45) is 5.92 Å². The average molecular weight is 565 g/mol. The van der Waals surface area contributed by atoms with Crippen LogP contribution in [0.1, 0.15) is 79.3 Å². The van der Waals surface area contributed by atoms with Crippen LogP contribution in [0.2, 0.25) is 0 Å². The Hall–Kier alpha value is -4.19. The van der Waals surface area contributed by atoms with Crippen LogP contribution in [0.4, 0.5) is 0 Å². The minimum atomic E-state index is -1.08. The summed E-state index contributed by atoms with van der Waals surface area (Å²) >= 11 is 0. The number of nitrogens with zero attached hydrogens (tertiary/aromatic N) is 1. The second-order valence-electron chi connectivity index (χ2n) is 12.6. The first kappa shape index (κ1) is 29.3. The first-order chi connectivity index (χ1) is 20.0. The number of rotatable bonds is 9. The number of pyridine rings is 1. The number of benzene rings is 3. The summed E-state index contributed by atoms with van der Waals surface area (Å²) in [5.41, 5.74) is 4.34. The smallest absolute Gasteiger partial charge is 0.326 e. The second-order valence-corrected chi connectivity index (χ2v) is 12.6. The number of hydrogen-bond donors (Lipinski definition) is 2. The van der Waals surface area contributed by atoms with Gasteiger partial charge in [-0.15, -0.1) is 0 Å². The van der Waals surface area contributed by atoms with Crippen LogP contribution in [-0.2, 0) is 23.1 Å². The summed E-state index contributed by atoms with van der Waals surface area (Å²) < 4.78 is 6.23. The van der Waals surface area contributed by atoms with Crippen molar-refractivity contribution in [3.05, 3.63) is 101 Å². The fourth-order valence-electron chi connectivity index (χ4n) is 5.67. The van der Waals surface area contributed by atoms with Gasteiger partial charge in [0.15, 0.2) is 0 Å². The number of aromatic nitrogens is 1. The average Bonchev–Trinajstić information content (AvgIpc) is 3.47. The Morgan fingerprint density at radius 2 is 1.62 bits per heavy atom. The number of carbonyl (C=O) groups excluding carboxylic acids is 1. The topological polar surface area (TPSA) is 88.5 Å². The predicted octanol–water partition coefficient (Wildman–Crippen LogP) is 7.79. The van der Waals surface area contributed by atoms with Gasteiger partial charge in [0, 0.05) is 17.5 Å². The van der Waals surface area contributed by atoms with Gasteiger partial charge in [0.25, 0.3) is 5.91 Å². The molecule has 218 valence electrons. The van der Waals surface area contributed by atoms with Crippen molar-refractivity contribution in [1.82, 2.24) is 10.3 Å². The van der Waals surface area contributed by atoms with E-state index >= 15 is 0 Å². The molecule has 4 aromatic rings. The number of aliphatic carboxylic acids is 1. The van der Waals surface area contributed by atoms with Crippen molar-refractivity contribution < 1.29 is 19.4 Å². The van der Waals surface area contributed by atoms with E-state index in [0.717, 1.165) is 52.6 Å². The molecule has 1 aliphatic carbocycles. The highest BCUT2D eigenvalue weighted by Gasteiger charge is 2.24. The highest BCUT2D eigenvalue weighted by molar-refractivity contribution is 5.99. The fraction of sp³-hybridized carbons (Fsp3) is 0.361. The normalized spacial score (nSPS) is 14.6. The summed E-state index contributed by atoms with van der Waals surface area (Å²) in [6.07, 6.45) is 5.68. The molecular formula is C36H40N2O4. The number of carboxylic acids is 1. The molecule has 1 fully saturated rings. The van der Waals surface area contributed by atoms with Crippen LogP contribution in [0.3, 0.4) is 0 Å². The van der Waals surface area contributed by atoms with Crippen LogP contribution >= 0.6 is 0 Å². The molecule has 42 heavy (non-hydrogen) atoms. The monoisotopic (exact) mass is 564 g/mol. The number of fused-ring (bicyclic) bond motifs is 1. The molecule has 3 aromatic carbocycles. The van der Waals surface area contributed by atoms with Crippen molar-refractivity contribution in [3.8, 4) is 11.5 Å². The van der Waals surface area contributed by atoms with Gasteiger partial charge >= 0.3 is 5.97 Å². The van der Waals surface area contributed by atoms with E-state index in [1.165, 1.54) is 18.4 Å². The molecule has 1 atom stereocenters. The molecule has 0 spiro atoms. The largest absolute Gasteiger partial charge is 0.480 e. The third-order valence-corrected chi connectivity index (χ3v) is 8.19. The van der Waals surface area contributed by atoms with E-state index in [0.29, 0.717) is 11.7 Å². The summed E-state index contributed by atoms with van der Waals surface area (Å²) in [6.45, 7) is 8.54. The van der Waals surface area contributed by atoms with Crippen LogP contribution in [0.15, 0.2) is 72.8 Å². The van der Waals surface area contributed by atoms with Gasteiger partial charge in [-0.1, -0.05) is 94.5 Å². The first-order valence-electron chi connectivity index (χ1n) is 14.9. The molecule has 1 aliphatic rings. The predicted molar refractivity (Wildman–Crippen MR) is 166 cm³/mol. The molecule has 0 unspecified atom stereocenters. The number of ether oxygens (including phenoxy) is 1. The van der Waals surface area contributed by atoms with Crippen LogP contribution in [-0.4, -0.2) is 28.0 Å². The maximum absolute atomic E-state index is 13.4. The molecule has 0 saturated heterocycles. The van der Waals surface area contributed by atoms with E-state index in [9.17, 15) is 14.7 Å². The number of amides is 1. The van der Waals surface area contributed by atoms with E-state index in [1.807, 2.05) is 61.5 Å². The lowest BCUT2D eigenvalue weighted by atomic mass is 9.87. The van der Waals surface area contributed by atoms with E-state index in [2.05, 4.69) is 38.2 Å². The van der Waals surface area contributed by atoms with E-state index < -0.39 is 17.9 Å². The van der Waals surface area contributed by atoms with Crippen molar-refractivity contribution >= 4 is 22.6 Å². The van der Waals surface area contributed by atoms with Crippen LogP contribution in [0.25, 0.3) is 10.8 Å². The molecule has 0 bridgehead atoms. The summed E-state index contributed by atoms with van der Waals surface area (Å²) in [5.74, 6) is 0.428. The molecule has 1 saturated carbocycles. The molecule has 5 rings (SSSR count). The Bertz CT molecular complexity index is 1560. The number of hydrogen-bond acceptors (Lipinski definition) is 4. The maximum Gasteiger partial charge on any atom is 0.326 e. The van der Waals surface area contributed by atoms with Gasteiger partial charge in [-0.3, -0.25) is 4.79 Å². The lowest BCUT2D eigenvalue weighted by Crippen LogP contribution is -2.42. The number of aryl methyl sites for hydroxylation is 1. The van der Waals surface area contributed by atoms with Crippen LogP contribution < -0.4 is 10.1 Å². The van der Waals surface area contributed by atoms with Crippen molar-refractivity contribution in [3.63, 3.8) is 0 Å². The summed E-state index contributed by atoms with van der Waals surface area (Å²) in [6, 6.07) is 22.4. The molecular weight excluding hydrogens is 524 g/mol. The Morgan fingerprint density at radius 1 is 0.952 bits per heavy atom. The van der Waals surface area contributed by atoms with E-state index in [4.69, 9.17) is 9.72 Å². The molecule has 6 nitrogen and oxygen atoms in total. The van der Waals surface area contributed by atoms with Gasteiger partial charge in [-0.05, 0) is 71.5 Å². The molecule has 2 N–H and O–H groups in total. The SMILES string of the molecule is Cc1ccc(C[C@H](NC(=O)c2cc3ccc(Oc4ccc(C(C)(C)C)cc4)cc3c(CC3CCCC3)n2)C(=O)O)cc1. The van der Waals surface area contributed by atoms with Gasteiger partial charge in [-0.25, -0.2) is 9.78 Å². The van der Waals surface area contributed by atoms with Crippen LogP contribution in [0, 0.1) is 12.8 Å². The summed E-state index contributed by atoms with van der Waals surface area (Å²) in [4.78, 5) is 30.3. The number of carboxylic acid groups (broad SMARTS) is 1. The number of nitrogens with one attached hydrogen (secondary N) is 1. The van der Waals surface area contributed by atoms with Gasteiger partial charge in [0.05, 0.1) is 0 Å². The van der Waals surface area contributed by atoms with Gasteiger partial charge in [0.2, 0.25) is 0 Å². The zero-order valence-corrected chi connectivity index (χ0v) is 24.9. The Balaban J connectivity index is 1.42. The van der Waals surface area contributed by atoms with Crippen molar-refractivity contribution in [2.45, 2.75) is 77.7 Å². The molecule has 0 radical (unpaired) electrons.